The normalized spacial score (nSPS) is 22.0. The largest absolute Gasteiger partial charge is 0.550 e. The van der Waals surface area contributed by atoms with Crippen LogP contribution in [-0.4, -0.2) is 22.3 Å². The maximum atomic E-state index is 11.6. The third kappa shape index (κ3) is 3.14. The maximum absolute atomic E-state index is 11.6. The zero-order valence-corrected chi connectivity index (χ0v) is 12.5. The van der Waals surface area contributed by atoms with Crippen molar-refractivity contribution in [2.24, 2.45) is 5.10 Å². The number of fused-ring (bicyclic) bond motifs is 1. The molecule has 6 nitrogen and oxygen atoms in total. The molecule has 0 bridgehead atoms. The van der Waals surface area contributed by atoms with Gasteiger partial charge in [-0.3, -0.25) is 10.2 Å². The number of thioether (sulfide) groups is 1. The van der Waals surface area contributed by atoms with Crippen molar-refractivity contribution in [3.8, 4) is 0 Å². The van der Waals surface area contributed by atoms with E-state index in [1.54, 1.807) is 0 Å². The summed E-state index contributed by atoms with van der Waals surface area (Å²) in [5, 5.41) is 17.0. The molecule has 114 valence electrons. The van der Waals surface area contributed by atoms with E-state index in [-0.39, 0.29) is 12.3 Å². The van der Waals surface area contributed by atoms with E-state index in [2.05, 4.69) is 28.0 Å². The number of hydrazone groups is 1. The van der Waals surface area contributed by atoms with E-state index in [1.165, 1.54) is 5.56 Å². The summed E-state index contributed by atoms with van der Waals surface area (Å²) in [5.41, 5.74) is 6.21. The number of rotatable bonds is 4. The molecule has 1 aliphatic carbocycles. The Kier molecular flexibility index (Phi) is 4.15. The Morgan fingerprint density at radius 1 is 1.45 bits per heavy atom. The number of benzene rings is 1. The molecule has 22 heavy (non-hydrogen) atoms. The van der Waals surface area contributed by atoms with Gasteiger partial charge in [0, 0.05) is 18.0 Å². The van der Waals surface area contributed by atoms with Gasteiger partial charge in [-0.05, 0) is 18.4 Å². The van der Waals surface area contributed by atoms with Crippen molar-refractivity contribution < 1.29 is 14.7 Å². The van der Waals surface area contributed by atoms with Crippen LogP contribution in [0.25, 0.3) is 5.70 Å². The van der Waals surface area contributed by atoms with Gasteiger partial charge in [0.2, 0.25) is 5.91 Å². The van der Waals surface area contributed by atoms with Crippen molar-refractivity contribution in [1.82, 2.24) is 10.7 Å². The molecule has 2 aliphatic rings. The Morgan fingerprint density at radius 2 is 2.27 bits per heavy atom. The summed E-state index contributed by atoms with van der Waals surface area (Å²) >= 11 is 1.10. The molecule has 1 saturated heterocycles. The van der Waals surface area contributed by atoms with E-state index in [0.29, 0.717) is 5.17 Å². The number of allylic oxidation sites excluding steroid dienone is 1. The Bertz CT molecular complexity index is 684. The predicted molar refractivity (Wildman–Crippen MR) is 82.5 cm³/mol. The maximum Gasteiger partial charge on any atom is 0.239 e. The van der Waals surface area contributed by atoms with E-state index in [0.717, 1.165) is 35.9 Å². The second-order valence-corrected chi connectivity index (χ2v) is 6.21. The zero-order valence-electron chi connectivity index (χ0n) is 11.7. The molecule has 0 radical (unpaired) electrons. The van der Waals surface area contributed by atoms with Crippen LogP contribution in [0.5, 0.6) is 0 Å². The fourth-order valence-corrected chi connectivity index (χ4v) is 3.36. The molecule has 1 amide bonds. The first-order valence-electron chi connectivity index (χ1n) is 6.93. The van der Waals surface area contributed by atoms with Crippen LogP contribution in [-0.2, 0) is 16.0 Å². The highest BCUT2D eigenvalue weighted by molar-refractivity contribution is 8.15. The fraction of sp³-hybridized carbons (Fsp3) is 0.267. The third-order valence-corrected chi connectivity index (χ3v) is 4.56. The van der Waals surface area contributed by atoms with Gasteiger partial charge in [-0.15, -0.1) is 5.10 Å². The molecule has 1 atom stereocenters. The van der Waals surface area contributed by atoms with Crippen molar-refractivity contribution in [3.05, 3.63) is 41.5 Å². The zero-order chi connectivity index (χ0) is 15.5. The van der Waals surface area contributed by atoms with Crippen molar-refractivity contribution in [1.29, 1.82) is 0 Å². The molecule has 0 saturated carbocycles. The molecule has 1 heterocycles. The fourth-order valence-electron chi connectivity index (χ4n) is 2.44. The van der Waals surface area contributed by atoms with Gasteiger partial charge in [0.25, 0.3) is 0 Å². The van der Waals surface area contributed by atoms with Crippen LogP contribution >= 0.6 is 11.8 Å². The molecule has 3 rings (SSSR count). The molecule has 1 unspecified atom stereocenters. The Balaban J connectivity index is 1.69. The van der Waals surface area contributed by atoms with Gasteiger partial charge in [-0.2, -0.15) is 0 Å². The van der Waals surface area contributed by atoms with E-state index >= 15 is 0 Å². The van der Waals surface area contributed by atoms with E-state index in [1.807, 2.05) is 18.2 Å². The summed E-state index contributed by atoms with van der Waals surface area (Å²) in [6.07, 6.45) is 3.67. The lowest BCUT2D eigenvalue weighted by molar-refractivity contribution is -0.305. The molecule has 1 aromatic carbocycles. The topological polar surface area (TPSA) is 93.6 Å². The van der Waals surface area contributed by atoms with Gasteiger partial charge < -0.3 is 15.2 Å². The molecular weight excluding hydrogens is 302 g/mol. The van der Waals surface area contributed by atoms with Crippen molar-refractivity contribution >= 4 is 34.5 Å². The van der Waals surface area contributed by atoms with Crippen LogP contribution in [0.3, 0.4) is 0 Å². The standard InChI is InChI=1S/C15H15N3O3S/c19-13(20)8-12-14(21)16-15(22-12)18-17-11-7-3-5-9-4-1-2-6-10(9)11/h1-2,4,6-7,12,17H,3,5,8H2,(H,19,20)(H,16,18,21)/p-1. The van der Waals surface area contributed by atoms with Crippen LogP contribution in [0.2, 0.25) is 0 Å². The van der Waals surface area contributed by atoms with Crippen LogP contribution in [0.1, 0.15) is 24.0 Å². The van der Waals surface area contributed by atoms with Crippen molar-refractivity contribution in [2.45, 2.75) is 24.5 Å². The van der Waals surface area contributed by atoms with Gasteiger partial charge >= 0.3 is 0 Å². The summed E-state index contributed by atoms with van der Waals surface area (Å²) in [6, 6.07) is 8.08. The third-order valence-electron chi connectivity index (χ3n) is 3.48. The van der Waals surface area contributed by atoms with Crippen LogP contribution in [0, 0.1) is 0 Å². The summed E-state index contributed by atoms with van der Waals surface area (Å²) in [6.45, 7) is 0. The second kappa shape index (κ2) is 6.23. The molecule has 7 heteroatoms. The first-order valence-corrected chi connectivity index (χ1v) is 7.81. The van der Waals surface area contributed by atoms with Crippen molar-refractivity contribution in [3.63, 3.8) is 0 Å². The van der Waals surface area contributed by atoms with Crippen LogP contribution in [0.4, 0.5) is 0 Å². The molecule has 0 aromatic heterocycles. The highest BCUT2D eigenvalue weighted by atomic mass is 32.2. The monoisotopic (exact) mass is 316 g/mol. The number of carboxylic acids is 1. The van der Waals surface area contributed by atoms with E-state index in [4.69, 9.17) is 0 Å². The minimum atomic E-state index is -1.24. The molecule has 0 spiro atoms. The lowest BCUT2D eigenvalue weighted by Gasteiger charge is -2.16. The number of carbonyl (C=O) groups is 2. The summed E-state index contributed by atoms with van der Waals surface area (Å²) in [4.78, 5) is 22.2. The number of hydrogen-bond donors (Lipinski definition) is 2. The first kappa shape index (κ1) is 14.6. The highest BCUT2D eigenvalue weighted by Crippen LogP contribution is 2.25. The van der Waals surface area contributed by atoms with Gasteiger partial charge in [-0.1, -0.05) is 42.1 Å². The van der Waals surface area contributed by atoms with Crippen molar-refractivity contribution in [2.75, 3.05) is 0 Å². The van der Waals surface area contributed by atoms with Gasteiger partial charge in [0.15, 0.2) is 5.17 Å². The second-order valence-electron chi connectivity index (χ2n) is 5.01. The number of aryl methyl sites for hydroxylation is 1. The minimum Gasteiger partial charge on any atom is -0.550 e. The lowest BCUT2D eigenvalue weighted by atomic mass is 9.95. The average molecular weight is 316 g/mol. The number of nitrogens with zero attached hydrogens (tertiary/aromatic N) is 1. The quantitative estimate of drug-likeness (QED) is 0.774. The number of carboxylic acid groups (broad SMARTS) is 1. The molecule has 1 fully saturated rings. The average Bonchev–Trinajstić information content (AvgIpc) is 2.84. The lowest BCUT2D eigenvalue weighted by Crippen LogP contribution is -2.31. The summed E-state index contributed by atoms with van der Waals surface area (Å²) in [7, 11) is 0. The molecule has 1 aliphatic heterocycles. The van der Waals surface area contributed by atoms with Crippen LogP contribution in [0.15, 0.2) is 35.4 Å². The molecule has 2 N–H and O–H groups in total. The highest BCUT2D eigenvalue weighted by Gasteiger charge is 2.30. The smallest absolute Gasteiger partial charge is 0.239 e. The number of hydrogen-bond acceptors (Lipinski definition) is 6. The number of nitrogens with one attached hydrogen (secondary N) is 2. The van der Waals surface area contributed by atoms with Gasteiger partial charge in [-0.25, -0.2) is 0 Å². The summed E-state index contributed by atoms with van der Waals surface area (Å²) in [5.74, 6) is -1.60. The number of amidine groups is 1. The Hall–Kier alpha value is -2.28. The van der Waals surface area contributed by atoms with Gasteiger partial charge in [0.1, 0.15) is 0 Å². The van der Waals surface area contributed by atoms with Crippen LogP contribution < -0.4 is 15.8 Å². The first-order chi connectivity index (χ1) is 10.6. The molecule has 1 aromatic rings. The Morgan fingerprint density at radius 3 is 3.09 bits per heavy atom. The minimum absolute atomic E-state index is 0.318. The Labute approximate surface area is 131 Å². The summed E-state index contributed by atoms with van der Waals surface area (Å²) < 4.78 is 0. The molecular formula is C15H14N3O3S-. The SMILES string of the molecule is O=C([O-])CC1S/C(=N\NC2=CCCc3ccccc32)NC1=O. The number of carbonyl (C=O) groups excluding carboxylic acids is 2. The number of amides is 1. The number of aliphatic carboxylic acids is 1. The predicted octanol–water partition coefficient (Wildman–Crippen LogP) is 0.206. The van der Waals surface area contributed by atoms with E-state index in [9.17, 15) is 14.7 Å². The van der Waals surface area contributed by atoms with Gasteiger partial charge in [0.05, 0.1) is 10.9 Å². The van der Waals surface area contributed by atoms with E-state index < -0.39 is 11.2 Å².